The number of hydrogen-bond donors (Lipinski definition) is 2. The highest BCUT2D eigenvalue weighted by Crippen LogP contribution is 2.62. The average molecular weight is 616 g/mol. The molecule has 2 aromatic carbocycles. The number of halogens is 3. The van der Waals surface area contributed by atoms with E-state index in [0.29, 0.717) is 22.7 Å². The summed E-state index contributed by atoms with van der Waals surface area (Å²) >= 11 is 0. The van der Waals surface area contributed by atoms with Crippen molar-refractivity contribution >= 4 is 27.3 Å². The summed E-state index contributed by atoms with van der Waals surface area (Å²) in [6, 6.07) is 11.9. The second-order valence-electron chi connectivity index (χ2n) is 11.9. The van der Waals surface area contributed by atoms with Gasteiger partial charge < -0.3 is 15.2 Å². The summed E-state index contributed by atoms with van der Waals surface area (Å²) in [6.45, 7) is 1.84. The second kappa shape index (κ2) is 10.2. The first-order valence-electron chi connectivity index (χ1n) is 14.1. The number of carbonyl (C=O) groups excluding carboxylic acids is 1. The van der Waals surface area contributed by atoms with Crippen molar-refractivity contribution < 1.29 is 36.2 Å². The van der Waals surface area contributed by atoms with Crippen molar-refractivity contribution in [1.29, 1.82) is 0 Å². The normalized spacial score (nSPS) is 25.4. The van der Waals surface area contributed by atoms with Crippen LogP contribution in [-0.4, -0.2) is 49.3 Å². The summed E-state index contributed by atoms with van der Waals surface area (Å²) in [5, 5.41) is 13.4. The largest absolute Gasteiger partial charge is 0.497 e. The Balaban J connectivity index is 1.48. The van der Waals surface area contributed by atoms with Gasteiger partial charge in [0.25, 0.3) is 15.9 Å². The minimum atomic E-state index is -4.82. The molecule has 1 aliphatic heterocycles. The monoisotopic (exact) mass is 615 g/mol. The molecule has 3 aromatic rings. The number of aromatic nitrogens is 1. The first-order valence-corrected chi connectivity index (χ1v) is 15.6. The van der Waals surface area contributed by atoms with E-state index in [2.05, 4.69) is 10.3 Å². The summed E-state index contributed by atoms with van der Waals surface area (Å²) in [4.78, 5) is 17.4. The fraction of sp³-hybridized carbons (Fsp3) is 0.419. The number of rotatable bonds is 6. The number of nitrogens with one attached hydrogen (secondary N) is 1. The number of aliphatic hydroxyl groups is 1. The van der Waals surface area contributed by atoms with Crippen LogP contribution in [0.15, 0.2) is 65.8 Å². The minimum Gasteiger partial charge on any atom is -0.497 e. The van der Waals surface area contributed by atoms with Crippen molar-refractivity contribution in [2.75, 3.05) is 16.7 Å². The summed E-state index contributed by atoms with van der Waals surface area (Å²) < 4.78 is 77.1. The first-order chi connectivity index (χ1) is 20.3. The number of anilines is 2. The summed E-state index contributed by atoms with van der Waals surface area (Å²) in [7, 11) is -2.77. The molecule has 8 nitrogen and oxygen atoms in total. The standard InChI is InChI=1S/C31H32F3N3O5S/c1-19-14-22(18-35-17-19)36-28(38)21-8-9-26-25(15-21)29(10-12-30(39,13-11-29)31(32,33)34)27(20-6-7-20)37(26)43(40,41)24-5-3-4-23(16-24)42-2/h3-5,8-9,14-18,20,27,39H,6-7,10-13H2,1-2H3,(H,36,38). The zero-order valence-corrected chi connectivity index (χ0v) is 24.5. The van der Waals surface area contributed by atoms with E-state index >= 15 is 0 Å². The fourth-order valence-corrected chi connectivity index (χ4v) is 8.63. The summed E-state index contributed by atoms with van der Waals surface area (Å²) in [6.07, 6.45) is -1.54. The Labute approximate surface area is 247 Å². The number of nitrogens with zero attached hydrogens (tertiary/aromatic N) is 2. The van der Waals surface area contributed by atoms with Crippen molar-refractivity contribution in [3.63, 3.8) is 0 Å². The predicted octanol–water partition coefficient (Wildman–Crippen LogP) is 5.74. The maximum Gasteiger partial charge on any atom is 0.417 e. The van der Waals surface area contributed by atoms with Gasteiger partial charge in [0.15, 0.2) is 5.60 Å². The highest BCUT2D eigenvalue weighted by atomic mass is 32.2. The highest BCUT2D eigenvalue weighted by molar-refractivity contribution is 7.93. The number of sulfonamides is 1. The van der Waals surface area contributed by atoms with Gasteiger partial charge in [-0.25, -0.2) is 8.42 Å². The molecule has 1 amide bonds. The summed E-state index contributed by atoms with van der Waals surface area (Å²) in [5.74, 6) is -0.186. The molecule has 2 aliphatic carbocycles. The highest BCUT2D eigenvalue weighted by Gasteiger charge is 2.65. The zero-order valence-electron chi connectivity index (χ0n) is 23.7. The van der Waals surface area contributed by atoms with Crippen LogP contribution < -0.4 is 14.4 Å². The lowest BCUT2D eigenvalue weighted by Crippen LogP contribution is -2.56. The van der Waals surface area contributed by atoms with E-state index < -0.39 is 52.0 Å². The lowest BCUT2D eigenvalue weighted by atomic mass is 9.61. The molecule has 0 bridgehead atoms. The fourth-order valence-electron chi connectivity index (χ4n) is 6.80. The number of fused-ring (bicyclic) bond motifs is 2. The topological polar surface area (TPSA) is 109 Å². The molecule has 0 radical (unpaired) electrons. The number of hydrogen-bond acceptors (Lipinski definition) is 6. The molecule has 2 fully saturated rings. The van der Waals surface area contributed by atoms with Crippen LogP contribution in [-0.2, 0) is 15.4 Å². The first kappa shape index (κ1) is 29.4. The molecular weight excluding hydrogens is 583 g/mol. The lowest BCUT2D eigenvalue weighted by molar-refractivity contribution is -0.273. The van der Waals surface area contributed by atoms with Gasteiger partial charge in [0, 0.05) is 23.2 Å². The van der Waals surface area contributed by atoms with Crippen molar-refractivity contribution in [3.8, 4) is 5.75 Å². The number of methoxy groups -OCH3 is 1. The van der Waals surface area contributed by atoms with Crippen molar-refractivity contribution in [2.45, 2.75) is 73.6 Å². The molecule has 0 saturated heterocycles. The number of pyridine rings is 1. The molecule has 1 aromatic heterocycles. The number of benzene rings is 2. The van der Waals surface area contributed by atoms with Gasteiger partial charge in [0.1, 0.15) is 5.75 Å². The van der Waals surface area contributed by atoms with Gasteiger partial charge in [0.05, 0.1) is 35.6 Å². The minimum absolute atomic E-state index is 0.00290. The van der Waals surface area contributed by atoms with Crippen LogP contribution in [0.25, 0.3) is 0 Å². The SMILES string of the molecule is COc1cccc(S(=O)(=O)N2c3ccc(C(=O)Nc4cncc(C)c4)cc3C3(CCC(O)(C(F)(F)F)CC3)C2C2CC2)c1. The molecule has 6 rings (SSSR count). The van der Waals surface area contributed by atoms with Gasteiger partial charge in [0.2, 0.25) is 0 Å². The van der Waals surface area contributed by atoms with Crippen LogP contribution in [0.5, 0.6) is 5.75 Å². The Kier molecular flexibility index (Phi) is 7.00. The third-order valence-electron chi connectivity index (χ3n) is 9.15. The Hall–Kier alpha value is -3.64. The Morgan fingerprint density at radius 2 is 1.79 bits per heavy atom. The summed E-state index contributed by atoms with van der Waals surface area (Å²) in [5.41, 5.74) is -1.48. The van der Waals surface area contributed by atoms with Crippen LogP contribution in [0.4, 0.5) is 24.5 Å². The molecule has 228 valence electrons. The number of carbonyl (C=O) groups is 1. The van der Waals surface area contributed by atoms with Gasteiger partial charge in [-0.1, -0.05) is 6.07 Å². The molecule has 1 spiro atoms. The molecule has 1 atom stereocenters. The Morgan fingerprint density at radius 3 is 2.42 bits per heavy atom. The lowest BCUT2D eigenvalue weighted by Gasteiger charge is -2.47. The van der Waals surface area contributed by atoms with Crippen LogP contribution in [0.1, 0.15) is 60.0 Å². The van der Waals surface area contributed by atoms with Gasteiger partial charge in [-0.15, -0.1) is 0 Å². The van der Waals surface area contributed by atoms with Gasteiger partial charge in [-0.3, -0.25) is 14.1 Å². The van der Waals surface area contributed by atoms with E-state index in [9.17, 15) is 31.5 Å². The number of aryl methyl sites for hydroxylation is 1. The molecule has 2 N–H and O–H groups in total. The smallest absolute Gasteiger partial charge is 0.417 e. The van der Waals surface area contributed by atoms with Crippen LogP contribution >= 0.6 is 0 Å². The maximum atomic E-state index is 14.4. The van der Waals surface area contributed by atoms with E-state index in [1.54, 1.807) is 36.5 Å². The van der Waals surface area contributed by atoms with Crippen molar-refractivity contribution in [1.82, 2.24) is 4.98 Å². The molecule has 2 saturated carbocycles. The van der Waals surface area contributed by atoms with Gasteiger partial charge in [-0.05, 0) is 98.9 Å². The van der Waals surface area contributed by atoms with Crippen molar-refractivity contribution in [3.05, 3.63) is 77.6 Å². The van der Waals surface area contributed by atoms with E-state index in [1.807, 2.05) is 6.92 Å². The predicted molar refractivity (Wildman–Crippen MR) is 154 cm³/mol. The van der Waals surface area contributed by atoms with Gasteiger partial charge in [-0.2, -0.15) is 13.2 Å². The molecule has 12 heteroatoms. The average Bonchev–Trinajstić information content (AvgIpc) is 3.77. The number of ether oxygens (including phenoxy) is 1. The van der Waals surface area contributed by atoms with E-state index in [1.165, 1.54) is 35.8 Å². The van der Waals surface area contributed by atoms with Crippen LogP contribution in [0, 0.1) is 12.8 Å². The molecule has 43 heavy (non-hydrogen) atoms. The van der Waals surface area contributed by atoms with Crippen LogP contribution in [0.2, 0.25) is 0 Å². The molecule has 3 aliphatic rings. The van der Waals surface area contributed by atoms with Gasteiger partial charge >= 0.3 is 6.18 Å². The second-order valence-corrected chi connectivity index (χ2v) is 13.7. The maximum absolute atomic E-state index is 14.4. The van der Waals surface area contributed by atoms with Crippen LogP contribution in [0.3, 0.4) is 0 Å². The van der Waals surface area contributed by atoms with E-state index in [-0.39, 0.29) is 29.2 Å². The Morgan fingerprint density at radius 1 is 1.07 bits per heavy atom. The van der Waals surface area contributed by atoms with E-state index in [4.69, 9.17) is 4.74 Å². The quantitative estimate of drug-likeness (QED) is 0.366. The molecule has 2 heterocycles. The number of alkyl halides is 3. The third-order valence-corrected chi connectivity index (χ3v) is 10.9. The van der Waals surface area contributed by atoms with E-state index in [0.717, 1.165) is 18.4 Å². The third kappa shape index (κ3) is 4.94. The zero-order chi connectivity index (χ0) is 30.8. The number of amides is 1. The van der Waals surface area contributed by atoms with Crippen molar-refractivity contribution in [2.24, 2.45) is 5.92 Å². The molecular formula is C31H32F3N3O5S. The Bertz CT molecular complexity index is 1680. The molecule has 1 unspecified atom stereocenters.